The van der Waals surface area contributed by atoms with E-state index in [1.54, 1.807) is 20.8 Å². The lowest BCUT2D eigenvalue weighted by atomic mass is 10.3. The van der Waals surface area contributed by atoms with Gasteiger partial charge < -0.3 is 9.47 Å². The van der Waals surface area contributed by atoms with Gasteiger partial charge in [0.05, 0.1) is 6.61 Å². The van der Waals surface area contributed by atoms with Crippen molar-refractivity contribution in [1.29, 1.82) is 0 Å². The fourth-order valence-corrected chi connectivity index (χ4v) is 1.42. The van der Waals surface area contributed by atoms with Gasteiger partial charge in [-0.3, -0.25) is 4.79 Å². The fourth-order valence-electron chi connectivity index (χ4n) is 1.15. The van der Waals surface area contributed by atoms with Crippen LogP contribution in [0.2, 0.25) is 0 Å². The Hall–Kier alpha value is -0.810. The predicted octanol–water partition coefficient (Wildman–Crippen LogP) is 1.30. The Balaban J connectivity index is 2.89. The molecule has 1 atom stereocenters. The number of carbonyl (C=O) groups excluding carboxylic acids is 2. The largest absolute Gasteiger partial charge is 0.420 e. The van der Waals surface area contributed by atoms with E-state index in [9.17, 15) is 9.59 Å². The van der Waals surface area contributed by atoms with Crippen LogP contribution in [-0.4, -0.2) is 34.8 Å². The van der Waals surface area contributed by atoms with E-state index in [-0.39, 0.29) is 12.6 Å². The molecular formula is C8H12ClNO4. The lowest BCUT2D eigenvalue weighted by Gasteiger charge is -2.17. The van der Waals surface area contributed by atoms with Gasteiger partial charge in [0.15, 0.2) is 0 Å². The van der Waals surface area contributed by atoms with E-state index in [1.165, 1.54) is 0 Å². The van der Waals surface area contributed by atoms with E-state index in [4.69, 9.17) is 16.3 Å². The second-order valence-electron chi connectivity index (χ2n) is 3.11. The van der Waals surface area contributed by atoms with Gasteiger partial charge in [0, 0.05) is 6.04 Å². The number of nitrogens with zero attached hydrogens (tertiary/aromatic N) is 1. The second kappa shape index (κ2) is 3.74. The third kappa shape index (κ3) is 1.69. The summed E-state index contributed by atoms with van der Waals surface area (Å²) < 4.78 is 9.54. The van der Waals surface area contributed by atoms with E-state index in [1.807, 2.05) is 0 Å². The van der Waals surface area contributed by atoms with Crippen LogP contribution in [0, 0.1) is 0 Å². The van der Waals surface area contributed by atoms with Crippen molar-refractivity contribution in [3.8, 4) is 0 Å². The molecule has 1 aliphatic rings. The molecule has 0 radical (unpaired) electrons. The molecule has 5 nitrogen and oxygen atoms in total. The molecule has 1 heterocycles. The molecule has 0 aliphatic carbocycles. The van der Waals surface area contributed by atoms with E-state index in [2.05, 4.69) is 4.74 Å². The van der Waals surface area contributed by atoms with Crippen LogP contribution in [0.25, 0.3) is 0 Å². The number of rotatable bonds is 3. The minimum atomic E-state index is -1.96. The Morgan fingerprint density at radius 2 is 2.14 bits per heavy atom. The number of imide groups is 1. The highest BCUT2D eigenvalue weighted by Crippen LogP contribution is 2.30. The van der Waals surface area contributed by atoms with E-state index in [0.29, 0.717) is 0 Å². The maximum absolute atomic E-state index is 11.6. The third-order valence-electron chi connectivity index (χ3n) is 1.74. The van der Waals surface area contributed by atoms with Crippen molar-refractivity contribution in [2.24, 2.45) is 0 Å². The summed E-state index contributed by atoms with van der Waals surface area (Å²) in [6, 6.07) is -0.295. The van der Waals surface area contributed by atoms with Gasteiger partial charge in [-0.1, -0.05) is 0 Å². The highest BCUT2D eigenvalue weighted by atomic mass is 35.5. The molecule has 0 spiro atoms. The third-order valence-corrected chi connectivity index (χ3v) is 2.08. The molecule has 2 amide bonds. The molecule has 6 heteroatoms. The van der Waals surface area contributed by atoms with Crippen molar-refractivity contribution in [1.82, 2.24) is 4.90 Å². The molecule has 80 valence electrons. The van der Waals surface area contributed by atoms with Gasteiger partial charge in [0.2, 0.25) is 0 Å². The monoisotopic (exact) mass is 221 g/mol. The van der Waals surface area contributed by atoms with Crippen LogP contribution in [0.1, 0.15) is 20.8 Å². The average Bonchev–Trinajstić information content (AvgIpc) is 2.23. The van der Waals surface area contributed by atoms with Crippen LogP contribution < -0.4 is 0 Å². The number of halogens is 1. The summed E-state index contributed by atoms with van der Waals surface area (Å²) in [4.78, 5) is 23.8. The molecule has 0 aromatic carbocycles. The van der Waals surface area contributed by atoms with Crippen molar-refractivity contribution >= 4 is 23.6 Å². The van der Waals surface area contributed by atoms with Crippen LogP contribution in [0.3, 0.4) is 0 Å². The van der Waals surface area contributed by atoms with Crippen LogP contribution in [0.15, 0.2) is 0 Å². The number of ether oxygens (including phenoxy) is 2. The van der Waals surface area contributed by atoms with Crippen LogP contribution >= 0.6 is 11.6 Å². The summed E-state index contributed by atoms with van der Waals surface area (Å²) in [5, 5.41) is -1.96. The Kier molecular flexibility index (Phi) is 3.01. The first-order chi connectivity index (χ1) is 6.42. The molecule has 1 fully saturated rings. The van der Waals surface area contributed by atoms with Crippen molar-refractivity contribution < 1.29 is 19.1 Å². The Labute approximate surface area is 86.9 Å². The highest BCUT2D eigenvalue weighted by Gasteiger charge is 2.55. The summed E-state index contributed by atoms with van der Waals surface area (Å²) in [7, 11) is 0. The summed E-state index contributed by atoms with van der Waals surface area (Å²) in [6.45, 7) is 5.22. The molecule has 0 aromatic rings. The van der Waals surface area contributed by atoms with Gasteiger partial charge in [0.25, 0.3) is 0 Å². The number of amides is 2. The van der Waals surface area contributed by atoms with E-state index < -0.39 is 17.2 Å². The molecule has 1 unspecified atom stereocenters. The quantitative estimate of drug-likeness (QED) is 0.675. The van der Waals surface area contributed by atoms with Gasteiger partial charge in [-0.2, -0.15) is 0 Å². The summed E-state index contributed by atoms with van der Waals surface area (Å²) >= 11 is 5.70. The minimum absolute atomic E-state index is 0.189. The average molecular weight is 222 g/mol. The molecule has 0 aromatic heterocycles. The summed E-state index contributed by atoms with van der Waals surface area (Å²) in [5.74, 6) is -0.666. The predicted molar refractivity (Wildman–Crippen MR) is 48.7 cm³/mol. The number of carbonyl (C=O) groups is 2. The molecule has 1 rings (SSSR count). The highest BCUT2D eigenvalue weighted by molar-refractivity contribution is 6.35. The van der Waals surface area contributed by atoms with Crippen LogP contribution in [0.5, 0.6) is 0 Å². The normalized spacial score (nSPS) is 27.4. The number of cyclic esters (lactones) is 1. The molecule has 0 N–H and O–H groups in total. The first kappa shape index (κ1) is 11.3. The zero-order valence-electron chi connectivity index (χ0n) is 8.24. The van der Waals surface area contributed by atoms with Gasteiger partial charge >= 0.3 is 17.2 Å². The lowest BCUT2D eigenvalue weighted by Crippen LogP contribution is -2.41. The summed E-state index contributed by atoms with van der Waals surface area (Å²) in [5.41, 5.74) is 0. The van der Waals surface area contributed by atoms with Crippen molar-refractivity contribution in [2.45, 2.75) is 32.1 Å². The molecular weight excluding hydrogens is 210 g/mol. The summed E-state index contributed by atoms with van der Waals surface area (Å²) in [6.07, 6.45) is -0.770. The maximum Gasteiger partial charge on any atom is 0.420 e. The van der Waals surface area contributed by atoms with Gasteiger partial charge in [-0.15, -0.1) is 0 Å². The molecule has 0 saturated carbocycles. The zero-order valence-corrected chi connectivity index (χ0v) is 9.00. The molecule has 0 bridgehead atoms. The molecule has 1 aliphatic heterocycles. The Morgan fingerprint density at radius 3 is 2.50 bits per heavy atom. The van der Waals surface area contributed by atoms with Crippen molar-refractivity contribution in [2.75, 3.05) is 6.61 Å². The van der Waals surface area contributed by atoms with Gasteiger partial charge in [0.1, 0.15) is 0 Å². The van der Waals surface area contributed by atoms with E-state index in [0.717, 1.165) is 4.90 Å². The van der Waals surface area contributed by atoms with Crippen molar-refractivity contribution in [3.05, 3.63) is 0 Å². The Morgan fingerprint density at radius 1 is 1.57 bits per heavy atom. The van der Waals surface area contributed by atoms with Crippen LogP contribution in [0.4, 0.5) is 4.79 Å². The second-order valence-corrected chi connectivity index (χ2v) is 3.60. The fraction of sp³-hybridized carbons (Fsp3) is 0.750. The smallest absolute Gasteiger partial charge is 0.393 e. The topological polar surface area (TPSA) is 55.8 Å². The van der Waals surface area contributed by atoms with Gasteiger partial charge in [-0.25, -0.2) is 9.69 Å². The van der Waals surface area contributed by atoms with Gasteiger partial charge in [-0.05, 0) is 32.4 Å². The van der Waals surface area contributed by atoms with E-state index >= 15 is 0 Å². The first-order valence-electron chi connectivity index (χ1n) is 4.32. The molecule has 1 saturated heterocycles. The lowest BCUT2D eigenvalue weighted by molar-refractivity contribution is -0.161. The number of alkyl halides is 1. The Bertz CT molecular complexity index is 268. The first-order valence-corrected chi connectivity index (χ1v) is 4.69. The van der Waals surface area contributed by atoms with Crippen LogP contribution in [-0.2, 0) is 14.3 Å². The minimum Gasteiger partial charge on any atom is -0.393 e. The SMILES string of the molecule is CCOC1(Cl)OC(=O)N(C(C)C)C1=O. The number of hydrogen-bond donors (Lipinski definition) is 0. The standard InChI is InChI=1S/C8H12ClNO4/c1-4-13-8(9)6(11)10(5(2)3)7(12)14-8/h5H,4H2,1-3H3. The molecule has 14 heavy (non-hydrogen) atoms. The number of hydrogen-bond acceptors (Lipinski definition) is 4. The van der Waals surface area contributed by atoms with Crippen molar-refractivity contribution in [3.63, 3.8) is 0 Å². The zero-order chi connectivity index (χ0) is 10.9. The maximum atomic E-state index is 11.6.